The molecular weight excluding hydrogens is 406 g/mol. The van der Waals surface area contributed by atoms with Crippen molar-refractivity contribution in [1.82, 2.24) is 9.13 Å². The summed E-state index contributed by atoms with van der Waals surface area (Å²) in [5.74, 6) is -0.279. The first-order valence-corrected chi connectivity index (χ1v) is 10.1. The van der Waals surface area contributed by atoms with Crippen LogP contribution in [-0.2, 0) is 17.9 Å². The average molecular weight is 425 g/mol. The monoisotopic (exact) mass is 425 g/mol. The van der Waals surface area contributed by atoms with Gasteiger partial charge >= 0.3 is 11.7 Å². The highest BCUT2D eigenvalue weighted by atomic mass is 16.5. The van der Waals surface area contributed by atoms with Gasteiger partial charge in [0.15, 0.2) is 0 Å². The van der Waals surface area contributed by atoms with Gasteiger partial charge in [-0.1, -0.05) is 36.4 Å². The number of ether oxygens (including phenoxy) is 1. The van der Waals surface area contributed by atoms with E-state index in [1.165, 1.54) is 4.57 Å². The molecule has 1 aromatic heterocycles. The van der Waals surface area contributed by atoms with Gasteiger partial charge in [0.1, 0.15) is 12.3 Å². The van der Waals surface area contributed by atoms with E-state index in [1.54, 1.807) is 55.5 Å². The normalized spacial score (nSPS) is 10.6. The Balaban J connectivity index is 1.57. The highest BCUT2D eigenvalue weighted by Gasteiger charge is 2.15. The van der Waals surface area contributed by atoms with Crippen molar-refractivity contribution in [3.05, 3.63) is 99.2 Å². The molecule has 0 aliphatic carbocycles. The second-order valence-corrected chi connectivity index (χ2v) is 7.12. The summed E-state index contributed by atoms with van der Waals surface area (Å²) in [7, 11) is 0. The molecule has 1 heterocycles. The van der Waals surface area contributed by atoms with Crippen LogP contribution in [0.15, 0.2) is 82.4 Å². The zero-order chi connectivity index (χ0) is 22.7. The predicted molar refractivity (Wildman–Crippen MR) is 120 cm³/mol. The number of hydrogen-bond donors (Lipinski definition) is 0. The number of carbonyl (C=O) groups excluding carboxylic acids is 1. The van der Waals surface area contributed by atoms with Crippen molar-refractivity contribution in [1.29, 1.82) is 5.26 Å². The number of fused-ring (bicyclic) bond motifs is 1. The molecule has 4 aromatic rings. The SMILES string of the molecule is CCn1c(=O)c2ccccc2n(CC(=O)Oc2ccc(-c3ccc(C#N)cc3)cc2)c1=O. The molecule has 0 radical (unpaired) electrons. The molecular formula is C25H19N3O4. The fourth-order valence-electron chi connectivity index (χ4n) is 3.55. The summed E-state index contributed by atoms with van der Waals surface area (Å²) >= 11 is 0. The molecule has 32 heavy (non-hydrogen) atoms. The fourth-order valence-corrected chi connectivity index (χ4v) is 3.55. The van der Waals surface area contributed by atoms with Gasteiger partial charge in [-0.15, -0.1) is 0 Å². The summed E-state index contributed by atoms with van der Waals surface area (Å²) in [6.07, 6.45) is 0. The molecule has 0 amide bonds. The smallest absolute Gasteiger partial charge is 0.332 e. The zero-order valence-electron chi connectivity index (χ0n) is 17.3. The third-order valence-electron chi connectivity index (χ3n) is 5.17. The molecule has 4 rings (SSSR count). The van der Waals surface area contributed by atoms with E-state index in [9.17, 15) is 14.4 Å². The van der Waals surface area contributed by atoms with E-state index < -0.39 is 11.7 Å². The third-order valence-corrected chi connectivity index (χ3v) is 5.17. The lowest BCUT2D eigenvalue weighted by Gasteiger charge is -2.13. The lowest BCUT2D eigenvalue weighted by Crippen LogP contribution is -2.41. The van der Waals surface area contributed by atoms with Gasteiger partial charge in [-0.3, -0.25) is 13.9 Å². The summed E-state index contributed by atoms with van der Waals surface area (Å²) in [6.45, 7) is 1.58. The standard InChI is InChI=1S/C25H19N3O4/c1-2-27-24(30)21-5-3-4-6-22(21)28(25(27)31)16-23(29)32-20-13-11-19(12-14-20)18-9-7-17(15-26)8-10-18/h3-14H,2,16H2,1H3. The molecule has 0 saturated carbocycles. The number of esters is 1. The number of rotatable bonds is 5. The van der Waals surface area contributed by atoms with E-state index in [2.05, 4.69) is 6.07 Å². The molecule has 0 atom stereocenters. The predicted octanol–water partition coefficient (Wildman–Crippen LogP) is 3.33. The van der Waals surface area contributed by atoms with Gasteiger partial charge < -0.3 is 4.74 Å². The number of para-hydroxylation sites is 1. The Kier molecular flexibility index (Phi) is 5.69. The van der Waals surface area contributed by atoms with Crippen molar-refractivity contribution in [3.8, 4) is 22.9 Å². The Hall–Kier alpha value is -4.44. The lowest BCUT2D eigenvalue weighted by molar-refractivity contribution is -0.135. The van der Waals surface area contributed by atoms with E-state index in [1.807, 2.05) is 24.3 Å². The Bertz CT molecular complexity index is 1460. The molecule has 7 nitrogen and oxygen atoms in total. The number of hydrogen-bond acceptors (Lipinski definition) is 5. The largest absolute Gasteiger partial charge is 0.425 e. The minimum absolute atomic E-state index is 0.203. The van der Waals surface area contributed by atoms with Crippen molar-refractivity contribution in [2.75, 3.05) is 0 Å². The van der Waals surface area contributed by atoms with Crippen LogP contribution in [0.4, 0.5) is 0 Å². The highest BCUT2D eigenvalue weighted by Crippen LogP contribution is 2.23. The number of carbonyl (C=O) groups is 1. The second kappa shape index (κ2) is 8.74. The van der Waals surface area contributed by atoms with Gasteiger partial charge in [0.05, 0.1) is 22.5 Å². The Labute approximate surface area is 183 Å². The van der Waals surface area contributed by atoms with Crippen LogP contribution in [-0.4, -0.2) is 15.1 Å². The van der Waals surface area contributed by atoms with Crippen LogP contribution >= 0.6 is 0 Å². The average Bonchev–Trinajstić information content (AvgIpc) is 2.83. The van der Waals surface area contributed by atoms with Gasteiger partial charge in [0.25, 0.3) is 5.56 Å². The Morgan fingerprint density at radius 3 is 2.16 bits per heavy atom. The first-order valence-electron chi connectivity index (χ1n) is 10.1. The fraction of sp³-hybridized carbons (Fsp3) is 0.120. The third kappa shape index (κ3) is 3.94. The zero-order valence-corrected chi connectivity index (χ0v) is 17.3. The van der Waals surface area contributed by atoms with E-state index in [4.69, 9.17) is 10.00 Å². The maximum atomic E-state index is 12.8. The maximum absolute atomic E-state index is 12.8. The number of nitriles is 1. The van der Waals surface area contributed by atoms with Crippen molar-refractivity contribution in [2.45, 2.75) is 20.0 Å². The first kappa shape index (κ1) is 20.8. The van der Waals surface area contributed by atoms with E-state index in [0.29, 0.717) is 22.2 Å². The molecule has 7 heteroatoms. The van der Waals surface area contributed by atoms with Gasteiger partial charge in [-0.05, 0) is 54.4 Å². The molecule has 0 fully saturated rings. The van der Waals surface area contributed by atoms with Crippen molar-refractivity contribution in [3.63, 3.8) is 0 Å². The molecule has 0 saturated heterocycles. The molecule has 3 aromatic carbocycles. The van der Waals surface area contributed by atoms with E-state index in [0.717, 1.165) is 15.7 Å². The topological polar surface area (TPSA) is 94.1 Å². The molecule has 0 unspecified atom stereocenters. The summed E-state index contributed by atoms with van der Waals surface area (Å²) in [5, 5.41) is 9.28. The first-order chi connectivity index (χ1) is 15.5. The van der Waals surface area contributed by atoms with Crippen LogP contribution in [0, 0.1) is 11.3 Å². The van der Waals surface area contributed by atoms with Crippen LogP contribution in [0.2, 0.25) is 0 Å². The minimum atomic E-state index is -0.621. The van der Waals surface area contributed by atoms with E-state index in [-0.39, 0.29) is 18.6 Å². The summed E-state index contributed by atoms with van der Waals surface area (Å²) in [6, 6.07) is 22.9. The molecule has 0 spiro atoms. The van der Waals surface area contributed by atoms with Gasteiger partial charge in [0.2, 0.25) is 0 Å². The Morgan fingerprint density at radius 2 is 1.53 bits per heavy atom. The Morgan fingerprint density at radius 1 is 0.906 bits per heavy atom. The van der Waals surface area contributed by atoms with Crippen LogP contribution in [0.25, 0.3) is 22.0 Å². The number of nitrogens with zero attached hydrogens (tertiary/aromatic N) is 3. The molecule has 0 aliphatic rings. The van der Waals surface area contributed by atoms with Gasteiger partial charge in [0, 0.05) is 6.54 Å². The number of aromatic nitrogens is 2. The van der Waals surface area contributed by atoms with Gasteiger partial charge in [-0.2, -0.15) is 5.26 Å². The van der Waals surface area contributed by atoms with Crippen LogP contribution in [0.3, 0.4) is 0 Å². The second-order valence-electron chi connectivity index (χ2n) is 7.12. The minimum Gasteiger partial charge on any atom is -0.425 e. The molecule has 0 N–H and O–H groups in total. The molecule has 0 aliphatic heterocycles. The summed E-state index contributed by atoms with van der Waals surface area (Å²) in [5.41, 5.74) is 1.88. The van der Waals surface area contributed by atoms with Crippen LogP contribution in [0.5, 0.6) is 5.75 Å². The van der Waals surface area contributed by atoms with Crippen molar-refractivity contribution < 1.29 is 9.53 Å². The quantitative estimate of drug-likeness (QED) is 0.361. The van der Waals surface area contributed by atoms with Crippen LogP contribution < -0.4 is 16.0 Å². The lowest BCUT2D eigenvalue weighted by atomic mass is 10.0. The van der Waals surface area contributed by atoms with E-state index >= 15 is 0 Å². The van der Waals surface area contributed by atoms with Crippen molar-refractivity contribution in [2.24, 2.45) is 0 Å². The molecule has 0 bridgehead atoms. The maximum Gasteiger partial charge on any atom is 0.332 e. The summed E-state index contributed by atoms with van der Waals surface area (Å²) in [4.78, 5) is 37.9. The highest BCUT2D eigenvalue weighted by molar-refractivity contribution is 5.80. The summed E-state index contributed by atoms with van der Waals surface area (Å²) < 4.78 is 7.78. The van der Waals surface area contributed by atoms with Gasteiger partial charge in [-0.25, -0.2) is 9.59 Å². The van der Waals surface area contributed by atoms with Crippen LogP contribution in [0.1, 0.15) is 12.5 Å². The number of benzene rings is 3. The molecule has 158 valence electrons. The van der Waals surface area contributed by atoms with Crippen molar-refractivity contribution >= 4 is 16.9 Å².